The second-order valence-corrected chi connectivity index (χ2v) is 6.98. The second-order valence-electron chi connectivity index (χ2n) is 6.98. The average Bonchev–Trinajstić information content (AvgIpc) is 2.69. The van der Waals surface area contributed by atoms with Crippen LogP contribution in [0.5, 0.6) is 5.75 Å². The van der Waals surface area contributed by atoms with E-state index in [1.54, 1.807) is 12.1 Å². The average molecular weight is 369 g/mol. The summed E-state index contributed by atoms with van der Waals surface area (Å²) >= 11 is 0. The number of carbonyl (C=O) groups excluding carboxylic acids is 1. The Kier molecular flexibility index (Phi) is 5.85. The lowest BCUT2D eigenvalue weighted by Crippen LogP contribution is -2.15. The van der Waals surface area contributed by atoms with Gasteiger partial charge in [0.25, 0.3) is 0 Å². The van der Waals surface area contributed by atoms with E-state index < -0.39 is 17.6 Å². The monoisotopic (exact) mass is 369 g/mol. The Bertz CT molecular complexity index is 880. The largest absolute Gasteiger partial charge is 0.420 e. The maximum Gasteiger partial charge on any atom is 0.346 e. The first-order valence-corrected chi connectivity index (χ1v) is 9.23. The number of ether oxygens (including phenoxy) is 1. The molecule has 0 aromatic heterocycles. The van der Waals surface area contributed by atoms with Crippen LogP contribution in [0, 0.1) is 28.9 Å². The van der Waals surface area contributed by atoms with Gasteiger partial charge in [-0.25, -0.2) is 13.6 Å². The van der Waals surface area contributed by atoms with Crippen molar-refractivity contribution in [3.63, 3.8) is 0 Å². The third-order valence-electron chi connectivity index (χ3n) is 5.39. The minimum atomic E-state index is -0.984. The molecular formula is C22H21F2NO2. The number of halogens is 2. The minimum Gasteiger partial charge on any atom is -0.420 e. The van der Waals surface area contributed by atoms with Gasteiger partial charge in [-0.15, -0.1) is 0 Å². The summed E-state index contributed by atoms with van der Waals surface area (Å²) in [5.74, 6) is -1.93. The van der Waals surface area contributed by atoms with E-state index in [4.69, 9.17) is 10.00 Å². The van der Waals surface area contributed by atoms with Gasteiger partial charge in [0.15, 0.2) is 11.6 Å². The number of rotatable bonds is 4. The molecule has 0 atom stereocenters. The van der Waals surface area contributed by atoms with Gasteiger partial charge in [-0.2, -0.15) is 5.26 Å². The Balaban J connectivity index is 1.74. The lowest BCUT2D eigenvalue weighted by atomic mass is 9.78. The van der Waals surface area contributed by atoms with E-state index >= 15 is 0 Å². The van der Waals surface area contributed by atoms with Crippen LogP contribution in [0.4, 0.5) is 8.78 Å². The summed E-state index contributed by atoms with van der Waals surface area (Å²) in [7, 11) is 0. The van der Waals surface area contributed by atoms with Crippen LogP contribution in [-0.4, -0.2) is 5.97 Å². The SMILES string of the molecule is CCC1CCC(c2ccc(C(=O)Oc3cccc(C#N)c3F)c(F)c2)CC1. The van der Waals surface area contributed by atoms with Crippen molar-refractivity contribution in [1.82, 2.24) is 0 Å². The van der Waals surface area contributed by atoms with Crippen molar-refractivity contribution in [2.75, 3.05) is 0 Å². The molecule has 0 radical (unpaired) electrons. The molecule has 0 aliphatic heterocycles. The zero-order valence-corrected chi connectivity index (χ0v) is 15.2. The molecule has 0 unspecified atom stereocenters. The highest BCUT2D eigenvalue weighted by Gasteiger charge is 2.23. The predicted molar refractivity (Wildman–Crippen MR) is 97.5 cm³/mol. The van der Waals surface area contributed by atoms with Gasteiger partial charge < -0.3 is 4.74 Å². The summed E-state index contributed by atoms with van der Waals surface area (Å²) in [6.07, 6.45) is 5.50. The predicted octanol–water partition coefficient (Wildman–Crippen LogP) is 5.74. The van der Waals surface area contributed by atoms with Crippen LogP contribution >= 0.6 is 0 Å². The van der Waals surface area contributed by atoms with Gasteiger partial charge in [0.05, 0.1) is 11.1 Å². The molecule has 2 aromatic carbocycles. The summed E-state index contributed by atoms with van der Waals surface area (Å²) in [6, 6.07) is 10.1. The van der Waals surface area contributed by atoms with Crippen molar-refractivity contribution in [2.45, 2.75) is 44.9 Å². The van der Waals surface area contributed by atoms with E-state index in [1.165, 1.54) is 36.8 Å². The van der Waals surface area contributed by atoms with E-state index in [2.05, 4.69) is 6.92 Å². The molecule has 0 spiro atoms. The van der Waals surface area contributed by atoms with Crippen LogP contribution in [0.15, 0.2) is 36.4 Å². The van der Waals surface area contributed by atoms with Crippen LogP contribution in [0.1, 0.15) is 66.4 Å². The molecular weight excluding hydrogens is 348 g/mol. The van der Waals surface area contributed by atoms with Crippen molar-refractivity contribution in [3.8, 4) is 11.8 Å². The van der Waals surface area contributed by atoms with Gasteiger partial charge in [-0.1, -0.05) is 25.5 Å². The molecule has 0 amide bonds. The summed E-state index contributed by atoms with van der Waals surface area (Å²) in [5, 5.41) is 8.83. The number of nitriles is 1. The van der Waals surface area contributed by atoms with Gasteiger partial charge >= 0.3 is 5.97 Å². The van der Waals surface area contributed by atoms with Gasteiger partial charge in [-0.3, -0.25) is 0 Å². The summed E-state index contributed by atoms with van der Waals surface area (Å²) in [4.78, 5) is 12.2. The second kappa shape index (κ2) is 8.30. The fourth-order valence-corrected chi connectivity index (χ4v) is 3.69. The highest BCUT2D eigenvalue weighted by molar-refractivity contribution is 5.91. The summed E-state index contributed by atoms with van der Waals surface area (Å²) < 4.78 is 33.5. The summed E-state index contributed by atoms with van der Waals surface area (Å²) in [5.41, 5.74) is 0.401. The van der Waals surface area contributed by atoms with Crippen LogP contribution in [0.25, 0.3) is 0 Å². The Morgan fingerprint density at radius 2 is 1.93 bits per heavy atom. The maximum atomic E-state index is 14.5. The number of esters is 1. The highest BCUT2D eigenvalue weighted by Crippen LogP contribution is 2.37. The fourth-order valence-electron chi connectivity index (χ4n) is 3.69. The van der Waals surface area contributed by atoms with Gasteiger partial charge in [0.1, 0.15) is 11.9 Å². The Morgan fingerprint density at radius 3 is 2.56 bits per heavy atom. The molecule has 0 bridgehead atoms. The molecule has 1 fully saturated rings. The zero-order chi connectivity index (χ0) is 19.4. The maximum absolute atomic E-state index is 14.5. The topological polar surface area (TPSA) is 50.1 Å². The number of hydrogen-bond acceptors (Lipinski definition) is 3. The van der Waals surface area contributed by atoms with E-state index in [1.807, 2.05) is 0 Å². The molecule has 1 aliphatic rings. The highest BCUT2D eigenvalue weighted by atomic mass is 19.1. The van der Waals surface area contributed by atoms with Crippen molar-refractivity contribution >= 4 is 5.97 Å². The Labute approximate surface area is 157 Å². The van der Waals surface area contributed by atoms with E-state index in [-0.39, 0.29) is 16.9 Å². The van der Waals surface area contributed by atoms with Gasteiger partial charge in [0.2, 0.25) is 0 Å². The van der Waals surface area contributed by atoms with E-state index in [0.29, 0.717) is 5.92 Å². The molecule has 2 aromatic rings. The normalized spacial score (nSPS) is 19.3. The first-order valence-electron chi connectivity index (χ1n) is 9.23. The van der Waals surface area contributed by atoms with Crippen molar-refractivity contribution in [3.05, 3.63) is 64.7 Å². The smallest absolute Gasteiger partial charge is 0.346 e. The quantitative estimate of drug-likeness (QED) is 0.510. The third kappa shape index (κ3) is 4.16. The molecule has 1 saturated carbocycles. The Hall–Kier alpha value is -2.74. The lowest BCUT2D eigenvalue weighted by Gasteiger charge is -2.28. The van der Waals surface area contributed by atoms with Crippen molar-refractivity contribution in [2.24, 2.45) is 5.92 Å². The molecule has 0 saturated heterocycles. The Morgan fingerprint density at radius 1 is 1.19 bits per heavy atom. The molecule has 1 aliphatic carbocycles. The van der Waals surface area contributed by atoms with Crippen LogP contribution in [-0.2, 0) is 0 Å². The number of hydrogen-bond donors (Lipinski definition) is 0. The molecule has 27 heavy (non-hydrogen) atoms. The molecule has 3 nitrogen and oxygen atoms in total. The number of nitrogens with zero attached hydrogens (tertiary/aromatic N) is 1. The molecule has 0 heterocycles. The molecule has 140 valence electrons. The van der Waals surface area contributed by atoms with Crippen LogP contribution in [0.2, 0.25) is 0 Å². The molecule has 0 N–H and O–H groups in total. The zero-order valence-electron chi connectivity index (χ0n) is 15.2. The van der Waals surface area contributed by atoms with Crippen molar-refractivity contribution in [1.29, 1.82) is 5.26 Å². The summed E-state index contributed by atoms with van der Waals surface area (Å²) in [6.45, 7) is 2.19. The van der Waals surface area contributed by atoms with E-state index in [9.17, 15) is 13.6 Å². The first kappa shape index (κ1) is 19.0. The van der Waals surface area contributed by atoms with Crippen molar-refractivity contribution < 1.29 is 18.3 Å². The fraction of sp³-hybridized carbons (Fsp3) is 0.364. The first-order chi connectivity index (χ1) is 13.0. The van der Waals surface area contributed by atoms with Gasteiger partial charge in [0, 0.05) is 0 Å². The third-order valence-corrected chi connectivity index (χ3v) is 5.39. The van der Waals surface area contributed by atoms with Crippen LogP contribution < -0.4 is 4.74 Å². The van der Waals surface area contributed by atoms with Gasteiger partial charge in [-0.05, 0) is 67.3 Å². The molecule has 5 heteroatoms. The lowest BCUT2D eigenvalue weighted by molar-refractivity contribution is 0.0723. The number of benzene rings is 2. The minimum absolute atomic E-state index is 0.237. The molecule has 3 rings (SSSR count). The number of carbonyl (C=O) groups is 1. The van der Waals surface area contributed by atoms with E-state index in [0.717, 1.165) is 37.2 Å². The van der Waals surface area contributed by atoms with Crippen LogP contribution in [0.3, 0.4) is 0 Å². The standard InChI is InChI=1S/C22H21F2NO2/c1-2-14-6-8-15(9-7-14)16-10-11-18(19(23)12-16)22(26)27-20-5-3-4-17(13-25)21(20)24/h3-5,10-12,14-15H,2,6-9H2,1H3.